The van der Waals surface area contributed by atoms with Gasteiger partial charge in [0.1, 0.15) is 5.75 Å². The van der Waals surface area contributed by atoms with Gasteiger partial charge in [0.25, 0.3) is 5.91 Å². The van der Waals surface area contributed by atoms with Crippen LogP contribution in [0.5, 0.6) is 23.0 Å². The van der Waals surface area contributed by atoms with Crippen molar-refractivity contribution < 1.29 is 28.5 Å². The van der Waals surface area contributed by atoms with Crippen LogP contribution in [0.2, 0.25) is 0 Å². The summed E-state index contributed by atoms with van der Waals surface area (Å²) < 4.78 is 23.0. The van der Waals surface area contributed by atoms with Gasteiger partial charge in [0.15, 0.2) is 22.5 Å². The smallest absolute Gasteiger partial charge is 0.308 e. The number of thioether (sulfide) groups is 1. The molecule has 1 heterocycles. The van der Waals surface area contributed by atoms with Crippen molar-refractivity contribution in [3.05, 3.63) is 72.3 Å². The fourth-order valence-corrected chi connectivity index (χ4v) is 4.41. The van der Waals surface area contributed by atoms with Gasteiger partial charge in [-0.3, -0.25) is 14.2 Å². The molecule has 4 aromatic rings. The van der Waals surface area contributed by atoms with Gasteiger partial charge in [-0.1, -0.05) is 42.1 Å². The fourth-order valence-electron chi connectivity index (χ4n) is 3.66. The molecule has 1 amide bonds. The average molecular weight is 562 g/mol. The molecule has 0 spiro atoms. The maximum absolute atomic E-state index is 12.6. The van der Waals surface area contributed by atoms with Crippen molar-refractivity contribution in [2.75, 3.05) is 27.1 Å². The third-order valence-corrected chi connectivity index (χ3v) is 6.39. The van der Waals surface area contributed by atoms with E-state index in [1.54, 1.807) is 19.2 Å². The zero-order valence-corrected chi connectivity index (χ0v) is 23.1. The van der Waals surface area contributed by atoms with Gasteiger partial charge in [-0.2, -0.15) is 5.10 Å². The second-order valence-corrected chi connectivity index (χ2v) is 9.08. The third-order valence-electron chi connectivity index (χ3n) is 5.46. The van der Waals surface area contributed by atoms with Crippen LogP contribution in [-0.2, 0) is 9.59 Å². The summed E-state index contributed by atoms with van der Waals surface area (Å²) in [6.07, 6.45) is 1.43. The Hall–Kier alpha value is -4.84. The molecule has 0 aliphatic carbocycles. The van der Waals surface area contributed by atoms with Crippen molar-refractivity contribution in [3.63, 3.8) is 0 Å². The molecule has 3 aromatic carbocycles. The molecule has 0 fully saturated rings. The summed E-state index contributed by atoms with van der Waals surface area (Å²) in [6.45, 7) is 1.28. The summed E-state index contributed by atoms with van der Waals surface area (Å²) in [6, 6.07) is 20.4. The molecule has 206 valence electrons. The molecule has 0 aliphatic heterocycles. The number of nitrogens with one attached hydrogen (secondary N) is 1. The van der Waals surface area contributed by atoms with E-state index in [-0.39, 0.29) is 28.9 Å². The number of benzene rings is 3. The van der Waals surface area contributed by atoms with Gasteiger partial charge in [0, 0.05) is 23.7 Å². The van der Waals surface area contributed by atoms with Crippen LogP contribution >= 0.6 is 11.8 Å². The number of carbonyl (C=O) groups is 2. The van der Waals surface area contributed by atoms with E-state index in [0.29, 0.717) is 16.5 Å². The van der Waals surface area contributed by atoms with Crippen molar-refractivity contribution in [2.45, 2.75) is 12.1 Å². The van der Waals surface area contributed by atoms with Gasteiger partial charge < -0.3 is 18.9 Å². The van der Waals surface area contributed by atoms with Crippen molar-refractivity contribution in [2.24, 2.45) is 5.10 Å². The molecular weight excluding hydrogens is 534 g/mol. The standard InChI is InChI=1S/C28H27N5O6S/c1-18(34)39-26-23(37-3)14-19(15-24(26)38-4)16-29-30-25(35)17-40-28-32-31-27(20-8-6-5-7-9-20)33(28)21-10-12-22(36-2)13-11-21/h5-16H,17H2,1-4H3,(H,30,35)/b29-16+. The predicted octanol–water partition coefficient (Wildman–Crippen LogP) is 4.13. The number of nitrogens with zero attached hydrogens (tertiary/aromatic N) is 4. The Morgan fingerprint density at radius 1 is 0.950 bits per heavy atom. The van der Waals surface area contributed by atoms with Gasteiger partial charge in [0.2, 0.25) is 5.75 Å². The molecule has 0 bridgehead atoms. The van der Waals surface area contributed by atoms with Crippen molar-refractivity contribution in [3.8, 4) is 40.1 Å². The number of carbonyl (C=O) groups excluding carboxylic acids is 2. The lowest BCUT2D eigenvalue weighted by atomic mass is 10.2. The SMILES string of the molecule is COc1ccc(-n2c(SCC(=O)N/N=C/c3cc(OC)c(OC(C)=O)c(OC)c3)nnc2-c2ccccc2)cc1. The van der Waals surface area contributed by atoms with E-state index in [1.165, 1.54) is 39.1 Å². The van der Waals surface area contributed by atoms with Crippen LogP contribution < -0.4 is 24.4 Å². The Labute approximate surface area is 235 Å². The summed E-state index contributed by atoms with van der Waals surface area (Å²) >= 11 is 1.23. The average Bonchev–Trinajstić information content (AvgIpc) is 3.40. The molecule has 0 unspecified atom stereocenters. The molecule has 0 atom stereocenters. The van der Waals surface area contributed by atoms with E-state index in [2.05, 4.69) is 20.7 Å². The van der Waals surface area contributed by atoms with Crippen LogP contribution in [0, 0.1) is 0 Å². The molecule has 40 heavy (non-hydrogen) atoms. The summed E-state index contributed by atoms with van der Waals surface area (Å²) in [7, 11) is 4.49. The van der Waals surface area contributed by atoms with E-state index >= 15 is 0 Å². The van der Waals surface area contributed by atoms with Crippen LogP contribution in [0.1, 0.15) is 12.5 Å². The highest BCUT2D eigenvalue weighted by Gasteiger charge is 2.18. The van der Waals surface area contributed by atoms with Crippen LogP contribution in [-0.4, -0.2) is 59.9 Å². The molecule has 0 saturated heterocycles. The second-order valence-electron chi connectivity index (χ2n) is 8.14. The normalized spacial score (nSPS) is 10.8. The first kappa shape index (κ1) is 28.2. The number of hydrogen-bond donors (Lipinski definition) is 1. The van der Waals surface area contributed by atoms with Crippen LogP contribution in [0.4, 0.5) is 0 Å². The zero-order valence-electron chi connectivity index (χ0n) is 22.3. The molecule has 4 rings (SSSR count). The minimum absolute atomic E-state index is 0.0401. The summed E-state index contributed by atoms with van der Waals surface area (Å²) in [5, 5.41) is 13.3. The Kier molecular flexibility index (Phi) is 9.36. The van der Waals surface area contributed by atoms with Gasteiger partial charge in [-0.05, 0) is 36.4 Å². The van der Waals surface area contributed by atoms with Gasteiger partial charge in [-0.25, -0.2) is 5.43 Å². The summed E-state index contributed by atoms with van der Waals surface area (Å²) in [4.78, 5) is 24.0. The minimum atomic E-state index is -0.513. The molecule has 11 nitrogen and oxygen atoms in total. The molecule has 12 heteroatoms. The Balaban J connectivity index is 1.48. The van der Waals surface area contributed by atoms with Crippen molar-refractivity contribution in [1.82, 2.24) is 20.2 Å². The van der Waals surface area contributed by atoms with Crippen molar-refractivity contribution >= 4 is 29.9 Å². The maximum Gasteiger partial charge on any atom is 0.308 e. The lowest BCUT2D eigenvalue weighted by molar-refractivity contribution is -0.132. The fraction of sp³-hybridized carbons (Fsp3) is 0.179. The van der Waals surface area contributed by atoms with Gasteiger partial charge in [0.05, 0.1) is 33.3 Å². The first-order valence-electron chi connectivity index (χ1n) is 12.0. The monoisotopic (exact) mass is 561 g/mol. The first-order valence-corrected chi connectivity index (χ1v) is 13.0. The lowest BCUT2D eigenvalue weighted by Gasteiger charge is -2.13. The van der Waals surface area contributed by atoms with Gasteiger partial charge in [-0.15, -0.1) is 10.2 Å². The molecule has 1 aromatic heterocycles. The number of aromatic nitrogens is 3. The number of methoxy groups -OCH3 is 3. The van der Waals surface area contributed by atoms with Crippen LogP contribution in [0.15, 0.2) is 77.0 Å². The highest BCUT2D eigenvalue weighted by molar-refractivity contribution is 7.99. The highest BCUT2D eigenvalue weighted by atomic mass is 32.2. The zero-order chi connectivity index (χ0) is 28.5. The van der Waals surface area contributed by atoms with Crippen LogP contribution in [0.3, 0.4) is 0 Å². The molecule has 0 aliphatic rings. The molecule has 0 radical (unpaired) electrons. The third kappa shape index (κ3) is 6.77. The van der Waals surface area contributed by atoms with E-state index < -0.39 is 5.97 Å². The Morgan fingerprint density at radius 3 is 2.23 bits per heavy atom. The van der Waals surface area contributed by atoms with Crippen molar-refractivity contribution in [1.29, 1.82) is 0 Å². The second kappa shape index (κ2) is 13.3. The predicted molar refractivity (Wildman–Crippen MR) is 151 cm³/mol. The number of esters is 1. The number of ether oxygens (including phenoxy) is 4. The van der Waals surface area contributed by atoms with E-state index in [1.807, 2.05) is 59.2 Å². The maximum atomic E-state index is 12.6. The lowest BCUT2D eigenvalue weighted by Crippen LogP contribution is -2.20. The van der Waals surface area contributed by atoms with Crippen LogP contribution in [0.25, 0.3) is 17.1 Å². The van der Waals surface area contributed by atoms with E-state index in [0.717, 1.165) is 17.0 Å². The first-order chi connectivity index (χ1) is 19.4. The van der Waals surface area contributed by atoms with Gasteiger partial charge >= 0.3 is 5.97 Å². The number of hydrazone groups is 1. The molecular formula is C28H27N5O6S. The quantitative estimate of drug-likeness (QED) is 0.0946. The number of amides is 1. The molecule has 1 N–H and O–H groups in total. The number of hydrogen-bond acceptors (Lipinski definition) is 10. The number of rotatable bonds is 11. The van der Waals surface area contributed by atoms with E-state index in [4.69, 9.17) is 18.9 Å². The summed E-state index contributed by atoms with van der Waals surface area (Å²) in [5.41, 5.74) is 4.78. The minimum Gasteiger partial charge on any atom is -0.497 e. The summed E-state index contributed by atoms with van der Waals surface area (Å²) in [5.74, 6) is 1.27. The Morgan fingerprint density at radius 2 is 1.62 bits per heavy atom. The largest absolute Gasteiger partial charge is 0.497 e. The topological polar surface area (TPSA) is 126 Å². The molecule has 0 saturated carbocycles. The Bertz CT molecular complexity index is 1480. The van der Waals surface area contributed by atoms with E-state index in [9.17, 15) is 9.59 Å². The highest BCUT2D eigenvalue weighted by Crippen LogP contribution is 2.38.